The van der Waals surface area contributed by atoms with Crippen LogP contribution in [0.15, 0.2) is 71.5 Å². The molecule has 0 radical (unpaired) electrons. The fourth-order valence-electron chi connectivity index (χ4n) is 2.23. The highest BCUT2D eigenvalue weighted by molar-refractivity contribution is 8.02. The number of hydrogen-bond acceptors (Lipinski definition) is 5. The number of rotatable bonds is 8. The highest BCUT2D eigenvalue weighted by atomic mass is 32.2. The third kappa shape index (κ3) is 4.70. The topological polar surface area (TPSA) is 43.6 Å². The van der Waals surface area contributed by atoms with Crippen molar-refractivity contribution in [3.05, 3.63) is 67.3 Å². The molecule has 0 N–H and O–H groups in total. The van der Waals surface area contributed by atoms with Crippen LogP contribution in [0.25, 0.3) is 11.4 Å². The Morgan fingerprint density at radius 3 is 2.44 bits per heavy atom. The summed E-state index contributed by atoms with van der Waals surface area (Å²) in [6.45, 7) is 4.47. The molecule has 2 aromatic heterocycles. The average molecular weight is 372 g/mol. The van der Waals surface area contributed by atoms with Gasteiger partial charge < -0.3 is 0 Å². The smallest absolute Gasteiger partial charge is 0.191 e. The first kappa shape index (κ1) is 17.7. The number of thioether (sulfide) groups is 2. The van der Waals surface area contributed by atoms with Crippen LogP contribution in [0.1, 0.15) is 0 Å². The van der Waals surface area contributed by atoms with Crippen molar-refractivity contribution in [1.29, 1.82) is 0 Å². The molecule has 0 aliphatic heterocycles. The van der Waals surface area contributed by atoms with Gasteiger partial charge in [-0.1, -0.05) is 17.8 Å². The molecule has 3 aromatic rings. The number of pyridine rings is 1. The molecule has 4 nitrogen and oxygen atoms in total. The Hall–Kier alpha value is -2.12. The number of hydrogen-bond donors (Lipinski definition) is 0. The van der Waals surface area contributed by atoms with Gasteiger partial charge in [0.25, 0.3) is 0 Å². The predicted molar refractivity (Wildman–Crippen MR) is 101 cm³/mol. The lowest BCUT2D eigenvalue weighted by Crippen LogP contribution is -2.01. The number of allylic oxidation sites excluding steroid dienone is 1. The first-order valence-electron chi connectivity index (χ1n) is 7.73. The van der Waals surface area contributed by atoms with E-state index in [1.807, 2.05) is 18.2 Å². The Morgan fingerprint density at radius 2 is 1.72 bits per heavy atom. The quantitative estimate of drug-likeness (QED) is 0.330. The standard InChI is InChI=1S/C18H17FN4S2/c1-2-11-23-17(14-7-9-20-10-8-14)21-22-18(23)25-13-12-24-16-5-3-15(19)4-6-16/h2-10H,1,11-13H2. The summed E-state index contributed by atoms with van der Waals surface area (Å²) in [4.78, 5) is 5.10. The molecule has 0 unspecified atom stereocenters. The third-order valence-corrected chi connectivity index (χ3v) is 5.60. The SMILES string of the molecule is C=CCn1c(SCCSc2ccc(F)cc2)nnc1-c1ccncc1. The Kier molecular flexibility index (Phi) is 6.25. The minimum atomic E-state index is -0.208. The molecule has 128 valence electrons. The zero-order valence-electron chi connectivity index (χ0n) is 13.5. The average Bonchev–Trinajstić information content (AvgIpc) is 3.04. The van der Waals surface area contributed by atoms with Crippen LogP contribution in [-0.4, -0.2) is 31.3 Å². The van der Waals surface area contributed by atoms with Crippen LogP contribution in [0.4, 0.5) is 4.39 Å². The number of nitrogens with zero attached hydrogens (tertiary/aromatic N) is 4. The predicted octanol–water partition coefficient (Wildman–Crippen LogP) is 4.55. The molecule has 7 heteroatoms. The number of aromatic nitrogens is 4. The normalized spacial score (nSPS) is 10.8. The van der Waals surface area contributed by atoms with Crippen LogP contribution in [0, 0.1) is 5.82 Å². The van der Waals surface area contributed by atoms with Gasteiger partial charge in [-0.2, -0.15) is 0 Å². The van der Waals surface area contributed by atoms with Crippen molar-refractivity contribution in [2.24, 2.45) is 0 Å². The van der Waals surface area contributed by atoms with Crippen LogP contribution >= 0.6 is 23.5 Å². The monoisotopic (exact) mass is 372 g/mol. The van der Waals surface area contributed by atoms with E-state index in [1.165, 1.54) is 12.1 Å². The lowest BCUT2D eigenvalue weighted by atomic mass is 10.2. The van der Waals surface area contributed by atoms with E-state index in [-0.39, 0.29) is 5.82 Å². The van der Waals surface area contributed by atoms with Gasteiger partial charge in [0, 0.05) is 40.9 Å². The molecule has 1 aromatic carbocycles. The molecule has 0 spiro atoms. The Labute approximate surface area is 154 Å². The molecular weight excluding hydrogens is 355 g/mol. The molecule has 0 amide bonds. The second-order valence-corrected chi connectivity index (χ2v) is 7.32. The third-order valence-electron chi connectivity index (χ3n) is 3.36. The highest BCUT2D eigenvalue weighted by Crippen LogP contribution is 2.26. The van der Waals surface area contributed by atoms with Gasteiger partial charge >= 0.3 is 0 Å². The molecule has 0 aliphatic rings. The van der Waals surface area contributed by atoms with Crippen LogP contribution in [0.5, 0.6) is 0 Å². The molecule has 3 rings (SSSR count). The molecule has 2 heterocycles. The first-order chi connectivity index (χ1) is 12.3. The molecule has 0 atom stereocenters. The van der Waals surface area contributed by atoms with Gasteiger partial charge in [-0.3, -0.25) is 9.55 Å². The maximum absolute atomic E-state index is 12.9. The second-order valence-electron chi connectivity index (χ2n) is 5.09. The summed E-state index contributed by atoms with van der Waals surface area (Å²) in [5.41, 5.74) is 0.983. The van der Waals surface area contributed by atoms with Gasteiger partial charge in [0.15, 0.2) is 11.0 Å². The molecule has 0 bridgehead atoms. The van der Waals surface area contributed by atoms with Gasteiger partial charge in [-0.15, -0.1) is 28.5 Å². The van der Waals surface area contributed by atoms with Gasteiger partial charge in [0.05, 0.1) is 0 Å². The van der Waals surface area contributed by atoms with E-state index in [0.717, 1.165) is 32.9 Å². The van der Waals surface area contributed by atoms with Crippen LogP contribution < -0.4 is 0 Å². The molecule has 0 saturated carbocycles. The molecule has 0 saturated heterocycles. The van der Waals surface area contributed by atoms with Crippen molar-refractivity contribution in [3.8, 4) is 11.4 Å². The van der Waals surface area contributed by atoms with Crippen molar-refractivity contribution in [2.45, 2.75) is 16.6 Å². The molecule has 25 heavy (non-hydrogen) atoms. The summed E-state index contributed by atoms with van der Waals surface area (Å²) in [5, 5.41) is 9.50. The fourth-order valence-corrected chi connectivity index (χ4v) is 4.06. The van der Waals surface area contributed by atoms with E-state index in [9.17, 15) is 4.39 Å². The first-order valence-corrected chi connectivity index (χ1v) is 9.70. The Bertz CT molecular complexity index is 819. The van der Waals surface area contributed by atoms with Crippen LogP contribution in [0.3, 0.4) is 0 Å². The van der Waals surface area contributed by atoms with Crippen molar-refractivity contribution < 1.29 is 4.39 Å². The maximum Gasteiger partial charge on any atom is 0.191 e. The van der Waals surface area contributed by atoms with Crippen molar-refractivity contribution >= 4 is 23.5 Å². The number of benzene rings is 1. The fraction of sp³-hybridized carbons (Fsp3) is 0.167. The minimum Gasteiger partial charge on any atom is -0.298 e. The van der Waals surface area contributed by atoms with Crippen LogP contribution in [-0.2, 0) is 6.54 Å². The molecule has 0 aliphatic carbocycles. The van der Waals surface area contributed by atoms with E-state index in [1.54, 1.807) is 48.1 Å². The van der Waals surface area contributed by atoms with Crippen molar-refractivity contribution in [2.75, 3.05) is 11.5 Å². The minimum absolute atomic E-state index is 0.208. The number of halogens is 1. The Balaban J connectivity index is 1.63. The van der Waals surface area contributed by atoms with Crippen molar-refractivity contribution in [1.82, 2.24) is 19.7 Å². The molecular formula is C18H17FN4S2. The maximum atomic E-state index is 12.9. The Morgan fingerprint density at radius 1 is 1.00 bits per heavy atom. The van der Waals surface area contributed by atoms with Crippen molar-refractivity contribution in [3.63, 3.8) is 0 Å². The van der Waals surface area contributed by atoms with E-state index < -0.39 is 0 Å². The lowest BCUT2D eigenvalue weighted by Gasteiger charge is -2.07. The lowest BCUT2D eigenvalue weighted by molar-refractivity contribution is 0.626. The van der Waals surface area contributed by atoms with E-state index in [4.69, 9.17) is 0 Å². The van der Waals surface area contributed by atoms with Gasteiger partial charge in [0.2, 0.25) is 0 Å². The van der Waals surface area contributed by atoms with Gasteiger partial charge in [0.1, 0.15) is 5.82 Å². The summed E-state index contributed by atoms with van der Waals surface area (Å²) >= 11 is 3.35. The highest BCUT2D eigenvalue weighted by Gasteiger charge is 2.13. The van der Waals surface area contributed by atoms with E-state index >= 15 is 0 Å². The van der Waals surface area contributed by atoms with E-state index in [2.05, 4.69) is 26.3 Å². The van der Waals surface area contributed by atoms with E-state index in [0.29, 0.717) is 6.54 Å². The van der Waals surface area contributed by atoms with Gasteiger partial charge in [-0.05, 0) is 36.4 Å². The summed E-state index contributed by atoms with van der Waals surface area (Å²) in [6.07, 6.45) is 5.33. The largest absolute Gasteiger partial charge is 0.298 e. The zero-order valence-corrected chi connectivity index (χ0v) is 15.1. The second kappa shape index (κ2) is 8.82. The summed E-state index contributed by atoms with van der Waals surface area (Å²) in [6, 6.07) is 10.4. The zero-order chi connectivity index (χ0) is 17.5. The van der Waals surface area contributed by atoms with Crippen LogP contribution in [0.2, 0.25) is 0 Å². The van der Waals surface area contributed by atoms with Gasteiger partial charge in [-0.25, -0.2) is 4.39 Å². The summed E-state index contributed by atoms with van der Waals surface area (Å²) in [7, 11) is 0. The summed E-state index contributed by atoms with van der Waals surface area (Å²) < 4.78 is 15.0. The summed E-state index contributed by atoms with van der Waals surface area (Å²) in [5.74, 6) is 2.39. The molecule has 0 fully saturated rings.